The highest BCUT2D eigenvalue weighted by Gasteiger charge is 2.33. The average Bonchev–Trinajstić information content (AvgIpc) is 2.78. The summed E-state index contributed by atoms with van der Waals surface area (Å²) in [6.07, 6.45) is 6.44. The highest BCUT2D eigenvalue weighted by Crippen LogP contribution is 2.32. The summed E-state index contributed by atoms with van der Waals surface area (Å²) in [6, 6.07) is 2.10. The van der Waals surface area contributed by atoms with E-state index in [2.05, 4.69) is 30.3 Å². The third-order valence-electron chi connectivity index (χ3n) is 4.79. The molecule has 20 heavy (non-hydrogen) atoms. The summed E-state index contributed by atoms with van der Waals surface area (Å²) in [4.78, 5) is 0. The number of aliphatic hydroxyl groups excluding tert-OH is 1. The van der Waals surface area contributed by atoms with Crippen molar-refractivity contribution in [2.45, 2.75) is 65.0 Å². The van der Waals surface area contributed by atoms with Crippen LogP contribution in [0.5, 0.6) is 0 Å². The van der Waals surface area contributed by atoms with Gasteiger partial charge >= 0.3 is 0 Å². The van der Waals surface area contributed by atoms with E-state index in [0.29, 0.717) is 5.92 Å². The Hall–Kier alpha value is -0.870. The van der Waals surface area contributed by atoms with E-state index >= 15 is 0 Å². The maximum Gasteiger partial charge on any atom is 0.0613 e. The molecule has 1 aromatic rings. The van der Waals surface area contributed by atoms with Gasteiger partial charge in [-0.1, -0.05) is 19.3 Å². The van der Waals surface area contributed by atoms with Crippen molar-refractivity contribution < 1.29 is 5.11 Å². The van der Waals surface area contributed by atoms with Crippen LogP contribution in [0.3, 0.4) is 0 Å². The molecule has 2 rings (SSSR count). The minimum Gasteiger partial charge on any atom is -0.394 e. The van der Waals surface area contributed by atoms with Crippen LogP contribution in [0, 0.1) is 19.8 Å². The number of hydrogen-bond acceptors (Lipinski definition) is 3. The average molecular weight is 279 g/mol. The summed E-state index contributed by atoms with van der Waals surface area (Å²) in [5.41, 5.74) is 2.13. The maximum atomic E-state index is 9.81. The molecule has 1 aliphatic carbocycles. The van der Waals surface area contributed by atoms with E-state index in [1.54, 1.807) is 0 Å². The first-order valence-electron chi connectivity index (χ1n) is 7.92. The monoisotopic (exact) mass is 279 g/mol. The Bertz CT molecular complexity index is 423. The lowest BCUT2D eigenvalue weighted by Gasteiger charge is -2.39. The smallest absolute Gasteiger partial charge is 0.0613 e. The van der Waals surface area contributed by atoms with Gasteiger partial charge in [0.25, 0.3) is 0 Å². The summed E-state index contributed by atoms with van der Waals surface area (Å²) in [7, 11) is 0. The van der Waals surface area contributed by atoms with Crippen LogP contribution in [0.1, 0.15) is 50.4 Å². The van der Waals surface area contributed by atoms with Crippen molar-refractivity contribution in [1.82, 2.24) is 15.1 Å². The molecule has 0 bridgehead atoms. The number of rotatable bonds is 6. The molecule has 1 atom stereocenters. The molecular formula is C16H29N3O. The third kappa shape index (κ3) is 3.61. The topological polar surface area (TPSA) is 50.1 Å². The van der Waals surface area contributed by atoms with Gasteiger partial charge < -0.3 is 10.4 Å². The van der Waals surface area contributed by atoms with Gasteiger partial charge in [-0.25, -0.2) is 0 Å². The Kier molecular flexibility index (Phi) is 5.22. The maximum absolute atomic E-state index is 9.81. The summed E-state index contributed by atoms with van der Waals surface area (Å²) < 4.78 is 2.04. The second-order valence-corrected chi connectivity index (χ2v) is 6.49. The fourth-order valence-electron chi connectivity index (χ4n) is 3.42. The number of hydrogen-bond donors (Lipinski definition) is 2. The van der Waals surface area contributed by atoms with Crippen molar-refractivity contribution >= 4 is 0 Å². The first kappa shape index (κ1) is 15.5. The van der Waals surface area contributed by atoms with E-state index in [0.717, 1.165) is 18.8 Å². The lowest BCUT2D eigenvalue weighted by atomic mass is 9.76. The highest BCUT2D eigenvalue weighted by atomic mass is 16.3. The van der Waals surface area contributed by atoms with Crippen molar-refractivity contribution in [2.75, 3.05) is 13.2 Å². The van der Waals surface area contributed by atoms with Gasteiger partial charge in [-0.3, -0.25) is 4.68 Å². The predicted octanol–water partition coefficient (Wildman–Crippen LogP) is 2.42. The molecule has 4 nitrogen and oxygen atoms in total. The van der Waals surface area contributed by atoms with Gasteiger partial charge in [0.2, 0.25) is 0 Å². The Labute approximate surface area is 122 Å². The predicted molar refractivity (Wildman–Crippen MR) is 81.8 cm³/mol. The Morgan fingerprint density at radius 2 is 2.05 bits per heavy atom. The number of nitrogens with one attached hydrogen (secondary N) is 1. The second-order valence-electron chi connectivity index (χ2n) is 6.49. The molecule has 0 spiro atoms. The number of aliphatic hydroxyl groups is 1. The van der Waals surface area contributed by atoms with Crippen molar-refractivity contribution in [3.63, 3.8) is 0 Å². The summed E-state index contributed by atoms with van der Waals surface area (Å²) in [5, 5.41) is 17.9. The van der Waals surface area contributed by atoms with Crippen LogP contribution in [0.25, 0.3) is 0 Å². The SMILES string of the molecule is Cc1cc(C)n(CCNC(C)(CO)C2CCCCC2)n1. The van der Waals surface area contributed by atoms with E-state index in [-0.39, 0.29) is 12.1 Å². The molecule has 1 aromatic heterocycles. The Morgan fingerprint density at radius 1 is 1.35 bits per heavy atom. The van der Waals surface area contributed by atoms with Crippen LogP contribution in [0.15, 0.2) is 6.07 Å². The third-order valence-corrected chi connectivity index (χ3v) is 4.79. The van der Waals surface area contributed by atoms with Crippen LogP contribution in [-0.2, 0) is 6.54 Å². The Morgan fingerprint density at radius 3 is 2.60 bits per heavy atom. The fraction of sp³-hybridized carbons (Fsp3) is 0.812. The van der Waals surface area contributed by atoms with Gasteiger partial charge in [0.15, 0.2) is 0 Å². The van der Waals surface area contributed by atoms with Crippen LogP contribution in [0.4, 0.5) is 0 Å². The molecule has 2 N–H and O–H groups in total. The molecule has 0 aromatic carbocycles. The molecule has 1 unspecified atom stereocenters. The number of nitrogens with zero attached hydrogens (tertiary/aromatic N) is 2. The normalized spacial score (nSPS) is 20.0. The van der Waals surface area contributed by atoms with Crippen molar-refractivity contribution in [3.05, 3.63) is 17.5 Å². The van der Waals surface area contributed by atoms with Crippen LogP contribution in [0.2, 0.25) is 0 Å². The molecule has 114 valence electrons. The van der Waals surface area contributed by atoms with Crippen molar-refractivity contribution in [2.24, 2.45) is 5.92 Å². The molecule has 0 saturated heterocycles. The molecule has 1 heterocycles. The highest BCUT2D eigenvalue weighted by molar-refractivity contribution is 5.06. The lowest BCUT2D eigenvalue weighted by molar-refractivity contribution is 0.0942. The zero-order valence-corrected chi connectivity index (χ0v) is 13.2. The zero-order chi connectivity index (χ0) is 14.6. The standard InChI is InChI=1S/C16H29N3O/c1-13-11-14(2)19(18-13)10-9-17-16(3,12-20)15-7-5-4-6-8-15/h11,15,17,20H,4-10,12H2,1-3H3. The summed E-state index contributed by atoms with van der Waals surface area (Å²) >= 11 is 0. The van der Waals surface area contributed by atoms with Gasteiger partial charge in [-0.05, 0) is 45.6 Å². The fourth-order valence-corrected chi connectivity index (χ4v) is 3.42. The van der Waals surface area contributed by atoms with Crippen molar-refractivity contribution in [3.8, 4) is 0 Å². The summed E-state index contributed by atoms with van der Waals surface area (Å²) in [5.74, 6) is 0.599. The minimum atomic E-state index is -0.142. The molecule has 4 heteroatoms. The van der Waals surface area contributed by atoms with Gasteiger partial charge in [-0.15, -0.1) is 0 Å². The van der Waals surface area contributed by atoms with Crippen LogP contribution in [-0.4, -0.2) is 33.6 Å². The van der Waals surface area contributed by atoms with Crippen LogP contribution < -0.4 is 5.32 Å². The zero-order valence-electron chi connectivity index (χ0n) is 13.2. The van der Waals surface area contributed by atoms with Gasteiger partial charge in [-0.2, -0.15) is 5.10 Å². The van der Waals surface area contributed by atoms with Crippen molar-refractivity contribution in [1.29, 1.82) is 0 Å². The summed E-state index contributed by atoms with van der Waals surface area (Å²) in [6.45, 7) is 8.22. The first-order valence-corrected chi connectivity index (χ1v) is 7.92. The molecular weight excluding hydrogens is 250 g/mol. The van der Waals surface area contributed by atoms with E-state index in [1.807, 2.05) is 11.6 Å². The number of aryl methyl sites for hydroxylation is 2. The molecule has 1 saturated carbocycles. The van der Waals surface area contributed by atoms with Gasteiger partial charge in [0, 0.05) is 17.8 Å². The second kappa shape index (κ2) is 6.72. The largest absolute Gasteiger partial charge is 0.394 e. The minimum absolute atomic E-state index is 0.142. The van der Waals surface area contributed by atoms with Gasteiger partial charge in [0.05, 0.1) is 18.8 Å². The molecule has 1 aliphatic rings. The quantitative estimate of drug-likeness (QED) is 0.841. The number of aromatic nitrogens is 2. The van der Waals surface area contributed by atoms with E-state index in [1.165, 1.54) is 37.8 Å². The van der Waals surface area contributed by atoms with Gasteiger partial charge in [0.1, 0.15) is 0 Å². The van der Waals surface area contributed by atoms with E-state index in [4.69, 9.17) is 0 Å². The first-order chi connectivity index (χ1) is 9.55. The van der Waals surface area contributed by atoms with E-state index in [9.17, 15) is 5.11 Å². The molecule has 0 aliphatic heterocycles. The molecule has 0 radical (unpaired) electrons. The molecule has 1 fully saturated rings. The molecule has 0 amide bonds. The van der Waals surface area contributed by atoms with Crippen LogP contribution >= 0.6 is 0 Å². The lowest BCUT2D eigenvalue weighted by Crippen LogP contribution is -2.53. The van der Waals surface area contributed by atoms with E-state index < -0.39 is 0 Å². The Balaban J connectivity index is 1.88.